The molecule has 0 aromatic carbocycles. The molecule has 0 bridgehead atoms. The van der Waals surface area contributed by atoms with Gasteiger partial charge in [-0.15, -0.1) is 0 Å². The number of fused-ring (bicyclic) bond motifs is 5. The van der Waals surface area contributed by atoms with Gasteiger partial charge in [-0.05, 0) is 111 Å². The summed E-state index contributed by atoms with van der Waals surface area (Å²) in [5.41, 5.74) is 7.42. The minimum absolute atomic E-state index is 0.0415. The Morgan fingerprint density at radius 1 is 1.00 bits per heavy atom. The van der Waals surface area contributed by atoms with Crippen molar-refractivity contribution in [2.45, 2.75) is 96.9 Å². The second kappa shape index (κ2) is 7.35. The first-order valence-corrected chi connectivity index (χ1v) is 11.7. The van der Waals surface area contributed by atoms with Gasteiger partial charge in [0.1, 0.15) is 0 Å². The third kappa shape index (κ3) is 3.26. The lowest BCUT2D eigenvalue weighted by Crippen LogP contribution is -2.54. The maximum atomic E-state index is 11.5. The highest BCUT2D eigenvalue weighted by Crippen LogP contribution is 2.67. The van der Waals surface area contributed by atoms with Gasteiger partial charge in [0.05, 0.1) is 7.11 Å². The summed E-state index contributed by atoms with van der Waals surface area (Å²) in [6.07, 6.45) is 15.2. The molecule has 0 radical (unpaired) electrons. The molecule has 0 heterocycles. The van der Waals surface area contributed by atoms with E-state index in [4.69, 9.17) is 10.5 Å². The van der Waals surface area contributed by atoms with Crippen LogP contribution in [0.1, 0.15) is 90.9 Å². The fourth-order valence-electron chi connectivity index (χ4n) is 8.47. The molecule has 4 fully saturated rings. The van der Waals surface area contributed by atoms with E-state index in [2.05, 4.69) is 13.8 Å². The molecule has 0 saturated heterocycles. The van der Waals surface area contributed by atoms with Gasteiger partial charge in [0, 0.05) is 12.5 Å². The highest BCUT2D eigenvalue weighted by Gasteiger charge is 2.59. The average molecular weight is 376 g/mol. The maximum absolute atomic E-state index is 11.5. The number of carbonyl (C=O) groups excluding carboxylic acids is 1. The Hall–Kier alpha value is -0.570. The van der Waals surface area contributed by atoms with Crippen molar-refractivity contribution in [3.05, 3.63) is 0 Å². The monoisotopic (exact) mass is 375 g/mol. The second-order valence-electron chi connectivity index (χ2n) is 11.0. The lowest BCUT2D eigenvalue weighted by atomic mass is 9.44. The summed E-state index contributed by atoms with van der Waals surface area (Å²) in [5, 5.41) is 0. The molecule has 4 aliphatic rings. The van der Waals surface area contributed by atoms with Crippen LogP contribution in [-0.4, -0.2) is 19.1 Å². The number of ether oxygens (including phenoxy) is 1. The van der Waals surface area contributed by atoms with E-state index >= 15 is 0 Å². The van der Waals surface area contributed by atoms with Crippen molar-refractivity contribution >= 4 is 5.97 Å². The summed E-state index contributed by atoms with van der Waals surface area (Å²) in [5.74, 6) is 4.47. The van der Waals surface area contributed by atoms with Crippen LogP contribution in [0, 0.1) is 40.4 Å². The van der Waals surface area contributed by atoms with Crippen LogP contribution in [-0.2, 0) is 9.53 Å². The minimum Gasteiger partial charge on any atom is -0.469 e. The van der Waals surface area contributed by atoms with Gasteiger partial charge < -0.3 is 10.5 Å². The molecule has 0 spiro atoms. The van der Waals surface area contributed by atoms with Gasteiger partial charge >= 0.3 is 5.97 Å². The maximum Gasteiger partial charge on any atom is 0.305 e. The standard InChI is InChI=1S/C24H41NO2/c1-23-14-12-21-19(9-7-17-15-18(25)11-13-24(17,21)2)20(23)10-8-16(23)5-4-6-22(26)27-3/h16-21H,4-15,25H2,1-3H3. The Bertz CT molecular complexity index is 563. The molecule has 27 heavy (non-hydrogen) atoms. The topological polar surface area (TPSA) is 52.3 Å². The molecule has 0 aliphatic heterocycles. The smallest absolute Gasteiger partial charge is 0.305 e. The Labute approximate surface area is 166 Å². The lowest BCUT2D eigenvalue weighted by Gasteiger charge is -2.61. The molecule has 4 aliphatic carbocycles. The zero-order valence-corrected chi connectivity index (χ0v) is 17.8. The molecule has 3 nitrogen and oxygen atoms in total. The molecular weight excluding hydrogens is 334 g/mol. The fraction of sp³-hybridized carbons (Fsp3) is 0.958. The van der Waals surface area contributed by atoms with Gasteiger partial charge in [0.15, 0.2) is 0 Å². The summed E-state index contributed by atoms with van der Waals surface area (Å²) < 4.78 is 4.84. The van der Waals surface area contributed by atoms with Gasteiger partial charge in [0.25, 0.3) is 0 Å². The van der Waals surface area contributed by atoms with E-state index < -0.39 is 0 Å². The number of rotatable bonds is 4. The SMILES string of the molecule is COC(=O)CCCC1CCC2C3CCC4CC(N)CCC4(C)C3CCC12C. The van der Waals surface area contributed by atoms with E-state index in [0.717, 1.165) is 36.0 Å². The molecule has 4 saturated carbocycles. The Morgan fingerprint density at radius 3 is 2.52 bits per heavy atom. The van der Waals surface area contributed by atoms with Gasteiger partial charge in [-0.2, -0.15) is 0 Å². The predicted octanol–water partition coefficient (Wildman–Crippen LogP) is 5.32. The number of methoxy groups -OCH3 is 1. The Morgan fingerprint density at radius 2 is 1.74 bits per heavy atom. The zero-order valence-electron chi connectivity index (χ0n) is 17.8. The predicted molar refractivity (Wildman–Crippen MR) is 109 cm³/mol. The van der Waals surface area contributed by atoms with Crippen LogP contribution >= 0.6 is 0 Å². The van der Waals surface area contributed by atoms with Crippen molar-refractivity contribution in [1.29, 1.82) is 0 Å². The van der Waals surface area contributed by atoms with Crippen molar-refractivity contribution in [2.75, 3.05) is 7.11 Å². The van der Waals surface area contributed by atoms with Gasteiger partial charge in [-0.3, -0.25) is 4.79 Å². The zero-order chi connectivity index (χ0) is 19.2. The van der Waals surface area contributed by atoms with E-state index in [1.165, 1.54) is 71.3 Å². The Kier molecular flexibility index (Phi) is 5.37. The molecule has 154 valence electrons. The summed E-state index contributed by atoms with van der Waals surface area (Å²) in [6, 6.07) is 0.458. The van der Waals surface area contributed by atoms with E-state index in [1.54, 1.807) is 0 Å². The second-order valence-corrected chi connectivity index (χ2v) is 11.0. The molecule has 8 unspecified atom stereocenters. The van der Waals surface area contributed by atoms with Crippen LogP contribution in [0.25, 0.3) is 0 Å². The number of hydrogen-bond acceptors (Lipinski definition) is 3. The first kappa shape index (κ1) is 19.7. The van der Waals surface area contributed by atoms with Crippen LogP contribution in [0.4, 0.5) is 0 Å². The molecule has 0 amide bonds. The van der Waals surface area contributed by atoms with Crippen molar-refractivity contribution in [1.82, 2.24) is 0 Å². The van der Waals surface area contributed by atoms with Crippen LogP contribution in [0.5, 0.6) is 0 Å². The average Bonchev–Trinajstić information content (AvgIpc) is 2.99. The molecule has 0 aromatic rings. The van der Waals surface area contributed by atoms with Crippen LogP contribution in [0.15, 0.2) is 0 Å². The highest BCUT2D eigenvalue weighted by atomic mass is 16.5. The lowest BCUT2D eigenvalue weighted by molar-refractivity contribution is -0.140. The number of carbonyl (C=O) groups is 1. The summed E-state index contributed by atoms with van der Waals surface area (Å²) in [4.78, 5) is 11.5. The number of nitrogens with two attached hydrogens (primary N) is 1. The highest BCUT2D eigenvalue weighted by molar-refractivity contribution is 5.68. The first-order chi connectivity index (χ1) is 12.9. The van der Waals surface area contributed by atoms with E-state index in [0.29, 0.717) is 23.3 Å². The Balaban J connectivity index is 1.45. The summed E-state index contributed by atoms with van der Waals surface area (Å²) >= 11 is 0. The van der Waals surface area contributed by atoms with Crippen molar-refractivity contribution in [2.24, 2.45) is 46.2 Å². The molecular formula is C24H41NO2. The largest absolute Gasteiger partial charge is 0.469 e. The van der Waals surface area contributed by atoms with Gasteiger partial charge in [-0.1, -0.05) is 13.8 Å². The van der Waals surface area contributed by atoms with Crippen molar-refractivity contribution < 1.29 is 9.53 Å². The summed E-state index contributed by atoms with van der Waals surface area (Å²) in [7, 11) is 1.51. The molecule has 0 aromatic heterocycles. The van der Waals surface area contributed by atoms with Crippen LogP contribution in [0.2, 0.25) is 0 Å². The first-order valence-electron chi connectivity index (χ1n) is 11.7. The van der Waals surface area contributed by atoms with Crippen LogP contribution < -0.4 is 5.73 Å². The minimum atomic E-state index is -0.0415. The molecule has 3 heteroatoms. The third-order valence-electron chi connectivity index (χ3n) is 10.1. The molecule has 8 atom stereocenters. The normalized spacial score (nSPS) is 49.0. The number of hydrogen-bond donors (Lipinski definition) is 1. The summed E-state index contributed by atoms with van der Waals surface area (Å²) in [6.45, 7) is 5.24. The van der Waals surface area contributed by atoms with Crippen molar-refractivity contribution in [3.8, 4) is 0 Å². The number of esters is 1. The third-order valence-corrected chi connectivity index (χ3v) is 10.1. The van der Waals surface area contributed by atoms with Gasteiger partial charge in [-0.25, -0.2) is 0 Å². The van der Waals surface area contributed by atoms with E-state index in [-0.39, 0.29) is 5.97 Å². The quantitative estimate of drug-likeness (QED) is 0.677. The van der Waals surface area contributed by atoms with E-state index in [9.17, 15) is 4.79 Å². The molecule has 2 N–H and O–H groups in total. The van der Waals surface area contributed by atoms with Gasteiger partial charge in [0.2, 0.25) is 0 Å². The van der Waals surface area contributed by atoms with Crippen LogP contribution in [0.3, 0.4) is 0 Å². The van der Waals surface area contributed by atoms with E-state index in [1.807, 2.05) is 0 Å². The van der Waals surface area contributed by atoms with Crippen molar-refractivity contribution in [3.63, 3.8) is 0 Å². The fourth-order valence-corrected chi connectivity index (χ4v) is 8.47. The molecule has 4 rings (SSSR count).